The molecule has 0 heterocycles. The molecule has 1 rings (SSSR count). The Hall–Kier alpha value is -0.830. The summed E-state index contributed by atoms with van der Waals surface area (Å²) in [5.41, 5.74) is 1.10. The second kappa shape index (κ2) is 11.7. The Morgan fingerprint density at radius 3 is 2.17 bits per heavy atom. The van der Waals surface area contributed by atoms with Crippen LogP contribution in [0.25, 0.3) is 0 Å². The van der Waals surface area contributed by atoms with Gasteiger partial charge in [0, 0.05) is 26.4 Å². The highest BCUT2D eigenvalue weighted by molar-refractivity contribution is 14.0. The second-order valence-corrected chi connectivity index (χ2v) is 7.74. The quantitative estimate of drug-likeness (QED) is 0.351. The topological polar surface area (TPSA) is 70.6 Å². The van der Waals surface area contributed by atoms with Crippen LogP contribution in [0.3, 0.4) is 0 Å². The van der Waals surface area contributed by atoms with Crippen molar-refractivity contribution in [1.82, 2.24) is 10.6 Å². The summed E-state index contributed by atoms with van der Waals surface area (Å²) >= 11 is 0. The maximum Gasteiger partial charge on any atom is 0.190 e. The van der Waals surface area contributed by atoms with Crippen LogP contribution in [0, 0.1) is 5.92 Å². The van der Waals surface area contributed by atoms with Crippen LogP contribution >= 0.6 is 24.0 Å². The first-order valence-corrected chi connectivity index (χ1v) is 10.0. The van der Waals surface area contributed by atoms with E-state index in [0.717, 1.165) is 43.9 Å². The number of nitrogens with one attached hydrogen (secondary N) is 2. The summed E-state index contributed by atoms with van der Waals surface area (Å²) in [7, 11) is -1.36. The first-order valence-electron chi connectivity index (χ1n) is 8.14. The van der Waals surface area contributed by atoms with Gasteiger partial charge >= 0.3 is 0 Å². The number of guanidine groups is 1. The lowest BCUT2D eigenvalue weighted by molar-refractivity contribution is 0.481. The number of rotatable bonds is 8. The van der Waals surface area contributed by atoms with Gasteiger partial charge in [0.2, 0.25) is 0 Å². The minimum Gasteiger partial charge on any atom is -0.356 e. The van der Waals surface area contributed by atoms with E-state index < -0.39 is 9.84 Å². The highest BCUT2D eigenvalue weighted by atomic mass is 127. The lowest BCUT2D eigenvalue weighted by atomic mass is 10.0. The third kappa shape index (κ3) is 8.32. The van der Waals surface area contributed by atoms with Crippen molar-refractivity contribution in [3.05, 3.63) is 29.8 Å². The number of nitrogens with zero attached hydrogens (tertiary/aromatic N) is 1. The van der Waals surface area contributed by atoms with E-state index in [0.29, 0.717) is 10.8 Å². The lowest BCUT2D eigenvalue weighted by Gasteiger charge is -2.16. The SMILES string of the molecule is CCC(CC)CNC(=NC)NCCc1ccc(S(C)(=O)=O)cc1.I. The summed E-state index contributed by atoms with van der Waals surface area (Å²) < 4.78 is 22.9. The minimum atomic E-state index is -3.12. The maximum absolute atomic E-state index is 11.4. The van der Waals surface area contributed by atoms with Crippen LogP contribution < -0.4 is 10.6 Å². The Morgan fingerprint density at radius 2 is 1.71 bits per heavy atom. The molecule has 0 spiro atoms. The van der Waals surface area contributed by atoms with Gasteiger partial charge < -0.3 is 10.6 Å². The van der Waals surface area contributed by atoms with Gasteiger partial charge in [0.15, 0.2) is 15.8 Å². The summed E-state index contributed by atoms with van der Waals surface area (Å²) in [6.07, 6.45) is 4.36. The Balaban J connectivity index is 0.00000529. The van der Waals surface area contributed by atoms with Gasteiger partial charge in [-0.3, -0.25) is 4.99 Å². The highest BCUT2D eigenvalue weighted by Gasteiger charge is 2.07. The van der Waals surface area contributed by atoms with Gasteiger partial charge in [-0.1, -0.05) is 38.8 Å². The monoisotopic (exact) mass is 467 g/mol. The van der Waals surface area contributed by atoms with Crippen molar-refractivity contribution in [3.63, 3.8) is 0 Å². The molecule has 2 N–H and O–H groups in total. The van der Waals surface area contributed by atoms with E-state index in [1.54, 1.807) is 19.2 Å². The zero-order valence-electron chi connectivity index (χ0n) is 15.0. The molecule has 5 nitrogen and oxygen atoms in total. The Morgan fingerprint density at radius 1 is 1.12 bits per heavy atom. The number of aliphatic imine (C=N–C) groups is 1. The molecule has 0 saturated carbocycles. The van der Waals surface area contributed by atoms with Crippen LogP contribution in [0.4, 0.5) is 0 Å². The van der Waals surface area contributed by atoms with Crippen molar-refractivity contribution < 1.29 is 8.42 Å². The molecule has 0 aromatic heterocycles. The summed E-state index contributed by atoms with van der Waals surface area (Å²) in [5, 5.41) is 6.63. The van der Waals surface area contributed by atoms with Crippen LogP contribution in [0.2, 0.25) is 0 Å². The first-order chi connectivity index (χ1) is 10.9. The molecule has 0 fully saturated rings. The van der Waals surface area contributed by atoms with Gasteiger partial charge in [-0.15, -0.1) is 24.0 Å². The third-order valence-corrected chi connectivity index (χ3v) is 5.12. The zero-order valence-corrected chi connectivity index (χ0v) is 18.1. The molecule has 0 unspecified atom stereocenters. The molecule has 0 atom stereocenters. The van der Waals surface area contributed by atoms with Gasteiger partial charge in [0.25, 0.3) is 0 Å². The normalized spacial score (nSPS) is 12.0. The zero-order chi connectivity index (χ0) is 17.3. The van der Waals surface area contributed by atoms with E-state index in [2.05, 4.69) is 29.5 Å². The summed E-state index contributed by atoms with van der Waals surface area (Å²) in [5.74, 6) is 1.47. The Kier molecular flexibility index (Phi) is 11.3. The van der Waals surface area contributed by atoms with Crippen LogP contribution in [-0.4, -0.2) is 40.8 Å². The van der Waals surface area contributed by atoms with E-state index in [9.17, 15) is 8.42 Å². The van der Waals surface area contributed by atoms with Gasteiger partial charge in [0.05, 0.1) is 4.90 Å². The average Bonchev–Trinajstić information content (AvgIpc) is 2.53. The van der Waals surface area contributed by atoms with E-state index >= 15 is 0 Å². The number of benzene rings is 1. The van der Waals surface area contributed by atoms with Gasteiger partial charge in [-0.2, -0.15) is 0 Å². The molecular weight excluding hydrogens is 437 g/mol. The predicted octanol–water partition coefficient (Wildman–Crippen LogP) is 2.85. The fraction of sp³-hybridized carbons (Fsp3) is 0.588. The fourth-order valence-electron chi connectivity index (χ4n) is 2.27. The standard InChI is InChI=1S/C17H29N3O2S.HI/c1-5-14(6-2)13-20-17(18-3)19-12-11-15-7-9-16(10-8-15)23(4,21)22;/h7-10,14H,5-6,11-13H2,1-4H3,(H2,18,19,20);1H. The molecule has 0 aliphatic rings. The average molecular weight is 467 g/mol. The van der Waals surface area contributed by atoms with Crippen LogP contribution in [-0.2, 0) is 16.3 Å². The van der Waals surface area contributed by atoms with Gasteiger partial charge in [-0.25, -0.2) is 8.42 Å². The number of sulfone groups is 1. The number of hydrogen-bond donors (Lipinski definition) is 2. The van der Waals surface area contributed by atoms with Crippen LogP contribution in [0.5, 0.6) is 0 Å². The third-order valence-electron chi connectivity index (χ3n) is 3.99. The predicted molar refractivity (Wildman–Crippen MR) is 112 cm³/mol. The van der Waals surface area contributed by atoms with Crippen molar-refractivity contribution in [2.75, 3.05) is 26.4 Å². The van der Waals surface area contributed by atoms with E-state index in [4.69, 9.17) is 0 Å². The highest BCUT2D eigenvalue weighted by Crippen LogP contribution is 2.10. The molecule has 1 aromatic carbocycles. The molecule has 0 saturated heterocycles. The molecule has 1 aromatic rings. The number of hydrogen-bond acceptors (Lipinski definition) is 3. The lowest BCUT2D eigenvalue weighted by Crippen LogP contribution is -2.40. The Labute approximate surface area is 163 Å². The second-order valence-electron chi connectivity index (χ2n) is 5.73. The number of halogens is 1. The van der Waals surface area contributed by atoms with Crippen LogP contribution in [0.1, 0.15) is 32.3 Å². The van der Waals surface area contributed by atoms with Crippen molar-refractivity contribution in [1.29, 1.82) is 0 Å². The first kappa shape index (κ1) is 23.2. The van der Waals surface area contributed by atoms with E-state index in [1.165, 1.54) is 6.26 Å². The minimum absolute atomic E-state index is 0. The van der Waals surface area contributed by atoms with Crippen molar-refractivity contribution in [2.24, 2.45) is 10.9 Å². The maximum atomic E-state index is 11.4. The smallest absolute Gasteiger partial charge is 0.190 e. The van der Waals surface area contributed by atoms with Crippen LogP contribution in [0.15, 0.2) is 34.2 Å². The Bertz CT molecular complexity index is 597. The molecule has 0 amide bonds. The molecule has 24 heavy (non-hydrogen) atoms. The summed E-state index contributed by atoms with van der Waals surface area (Å²) in [6, 6.07) is 7.03. The van der Waals surface area contributed by atoms with Crippen molar-refractivity contribution in [2.45, 2.75) is 38.0 Å². The molecule has 0 radical (unpaired) electrons. The van der Waals surface area contributed by atoms with Crippen molar-refractivity contribution >= 4 is 39.8 Å². The van der Waals surface area contributed by atoms with Gasteiger partial charge in [0.1, 0.15) is 0 Å². The molecule has 0 bridgehead atoms. The van der Waals surface area contributed by atoms with Crippen molar-refractivity contribution in [3.8, 4) is 0 Å². The van der Waals surface area contributed by atoms with E-state index in [-0.39, 0.29) is 24.0 Å². The molecule has 0 aliphatic carbocycles. The van der Waals surface area contributed by atoms with E-state index in [1.807, 2.05) is 12.1 Å². The molecular formula is C17H30IN3O2S. The summed E-state index contributed by atoms with van der Waals surface area (Å²) in [4.78, 5) is 4.58. The fourth-order valence-corrected chi connectivity index (χ4v) is 2.90. The molecule has 0 aliphatic heterocycles. The molecule has 138 valence electrons. The summed E-state index contributed by atoms with van der Waals surface area (Å²) in [6.45, 7) is 6.08. The van der Waals surface area contributed by atoms with Gasteiger partial charge in [-0.05, 0) is 30.0 Å². The largest absolute Gasteiger partial charge is 0.356 e. The molecule has 7 heteroatoms.